The zero-order chi connectivity index (χ0) is 22.6. The fourth-order valence-electron chi connectivity index (χ4n) is 3.47. The van der Waals surface area contributed by atoms with Crippen molar-refractivity contribution in [1.82, 2.24) is 4.31 Å². The number of benzene rings is 2. The average molecular weight is 469 g/mol. The van der Waals surface area contributed by atoms with Crippen LogP contribution >= 0.6 is 11.6 Å². The van der Waals surface area contributed by atoms with Gasteiger partial charge in [0.1, 0.15) is 5.75 Å². The topological polar surface area (TPSA) is 94.2 Å². The van der Waals surface area contributed by atoms with E-state index in [9.17, 15) is 13.2 Å². The minimum atomic E-state index is -3.71. The summed E-state index contributed by atoms with van der Waals surface area (Å²) in [5.41, 5.74) is 0.566. The van der Waals surface area contributed by atoms with Crippen molar-refractivity contribution in [2.45, 2.75) is 17.7 Å². The first-order valence-electron chi connectivity index (χ1n) is 9.66. The SMILES string of the molecule is COc1ccc(NC(=O)C2CCN(S(=O)(=O)c3ccc(OC)c(OC)c3)CC2)cc1Cl. The molecule has 0 aliphatic carbocycles. The molecule has 1 heterocycles. The summed E-state index contributed by atoms with van der Waals surface area (Å²) in [6.07, 6.45) is 0.838. The summed E-state index contributed by atoms with van der Waals surface area (Å²) in [5, 5.41) is 3.24. The molecule has 1 aliphatic heterocycles. The van der Waals surface area contributed by atoms with Crippen LogP contribution in [0, 0.1) is 5.92 Å². The van der Waals surface area contributed by atoms with Gasteiger partial charge in [-0.3, -0.25) is 4.79 Å². The van der Waals surface area contributed by atoms with Gasteiger partial charge in [-0.15, -0.1) is 0 Å². The molecule has 2 aromatic rings. The van der Waals surface area contributed by atoms with Gasteiger partial charge in [-0.25, -0.2) is 8.42 Å². The lowest BCUT2D eigenvalue weighted by molar-refractivity contribution is -0.120. The molecule has 1 fully saturated rings. The molecule has 1 aliphatic rings. The van der Waals surface area contributed by atoms with Gasteiger partial charge in [-0.2, -0.15) is 4.31 Å². The Morgan fingerprint density at radius 3 is 2.16 bits per heavy atom. The lowest BCUT2D eigenvalue weighted by atomic mass is 9.97. The van der Waals surface area contributed by atoms with Crippen molar-refractivity contribution < 1.29 is 27.4 Å². The number of anilines is 1. The third-order valence-corrected chi connectivity index (χ3v) is 7.43. The molecule has 0 radical (unpaired) electrons. The molecule has 0 unspecified atom stereocenters. The van der Waals surface area contributed by atoms with Crippen LogP contribution in [0.1, 0.15) is 12.8 Å². The molecular weight excluding hydrogens is 444 g/mol. The molecule has 0 atom stereocenters. The van der Waals surface area contributed by atoms with E-state index in [1.807, 2.05) is 0 Å². The predicted octanol–water partition coefficient (Wildman–Crippen LogP) is 3.41. The summed E-state index contributed by atoms with van der Waals surface area (Å²) in [7, 11) is 0.752. The molecule has 1 amide bonds. The minimum absolute atomic E-state index is 0.126. The van der Waals surface area contributed by atoms with Crippen molar-refractivity contribution in [3.05, 3.63) is 41.4 Å². The molecule has 168 valence electrons. The van der Waals surface area contributed by atoms with Gasteiger partial charge < -0.3 is 19.5 Å². The molecule has 0 saturated carbocycles. The molecule has 1 saturated heterocycles. The van der Waals surface area contributed by atoms with E-state index in [0.717, 1.165) is 0 Å². The van der Waals surface area contributed by atoms with Gasteiger partial charge in [-0.05, 0) is 43.2 Å². The molecule has 8 nitrogen and oxygen atoms in total. The van der Waals surface area contributed by atoms with Crippen molar-refractivity contribution in [3.63, 3.8) is 0 Å². The number of carbonyl (C=O) groups excluding carboxylic acids is 1. The molecule has 31 heavy (non-hydrogen) atoms. The number of methoxy groups -OCH3 is 3. The zero-order valence-corrected chi connectivity index (χ0v) is 19.1. The number of amides is 1. The standard InChI is InChI=1S/C21H25ClN2O6S/c1-28-18-6-4-15(12-17(18)22)23-21(25)14-8-10-24(11-9-14)31(26,27)16-5-7-19(29-2)20(13-16)30-3/h4-7,12-14H,8-11H2,1-3H3,(H,23,25). The van der Waals surface area contributed by atoms with Crippen LogP contribution in [-0.4, -0.2) is 53.0 Å². The van der Waals surface area contributed by atoms with Gasteiger partial charge >= 0.3 is 0 Å². The third-order valence-electron chi connectivity index (χ3n) is 5.24. The lowest BCUT2D eigenvalue weighted by Crippen LogP contribution is -2.41. The van der Waals surface area contributed by atoms with E-state index in [4.69, 9.17) is 25.8 Å². The third kappa shape index (κ3) is 5.06. The summed E-state index contributed by atoms with van der Waals surface area (Å²) >= 11 is 6.10. The highest BCUT2D eigenvalue weighted by Crippen LogP contribution is 2.32. The molecule has 0 aromatic heterocycles. The van der Waals surface area contributed by atoms with Crippen LogP contribution in [-0.2, 0) is 14.8 Å². The highest BCUT2D eigenvalue weighted by atomic mass is 35.5. The summed E-state index contributed by atoms with van der Waals surface area (Å²) in [4.78, 5) is 12.8. The van der Waals surface area contributed by atoms with Crippen LogP contribution in [0.4, 0.5) is 5.69 Å². The number of piperidine rings is 1. The van der Waals surface area contributed by atoms with Crippen LogP contribution in [0.5, 0.6) is 17.2 Å². The van der Waals surface area contributed by atoms with Crippen molar-refractivity contribution in [2.75, 3.05) is 39.7 Å². The van der Waals surface area contributed by atoms with Crippen LogP contribution in [0.25, 0.3) is 0 Å². The fraction of sp³-hybridized carbons (Fsp3) is 0.381. The number of carbonyl (C=O) groups is 1. The van der Waals surface area contributed by atoms with Crippen LogP contribution < -0.4 is 19.5 Å². The number of rotatable bonds is 7. The Balaban J connectivity index is 1.64. The average Bonchev–Trinajstić information content (AvgIpc) is 2.78. The van der Waals surface area contributed by atoms with Gasteiger partial charge in [0.25, 0.3) is 0 Å². The van der Waals surface area contributed by atoms with Gasteiger partial charge in [0.05, 0.1) is 31.2 Å². The first kappa shape index (κ1) is 23.2. The zero-order valence-electron chi connectivity index (χ0n) is 17.6. The quantitative estimate of drug-likeness (QED) is 0.669. The van der Waals surface area contributed by atoms with Gasteiger partial charge in [0.15, 0.2) is 11.5 Å². The summed E-state index contributed by atoms with van der Waals surface area (Å²) < 4.78 is 42.9. The number of nitrogens with one attached hydrogen (secondary N) is 1. The molecular formula is C21H25ClN2O6S. The fourth-order valence-corrected chi connectivity index (χ4v) is 5.22. The maximum Gasteiger partial charge on any atom is 0.243 e. The monoisotopic (exact) mass is 468 g/mol. The van der Waals surface area contributed by atoms with Crippen LogP contribution in [0.2, 0.25) is 5.02 Å². The number of ether oxygens (including phenoxy) is 3. The summed E-state index contributed by atoms with van der Waals surface area (Å²) in [6.45, 7) is 0.496. The van der Waals surface area contributed by atoms with Crippen LogP contribution in [0.15, 0.2) is 41.3 Å². The maximum atomic E-state index is 13.0. The lowest BCUT2D eigenvalue weighted by Gasteiger charge is -2.30. The number of hydrogen-bond acceptors (Lipinski definition) is 6. The highest BCUT2D eigenvalue weighted by Gasteiger charge is 2.32. The first-order valence-corrected chi connectivity index (χ1v) is 11.5. The Kier molecular flexibility index (Phi) is 7.30. The smallest absolute Gasteiger partial charge is 0.243 e. The predicted molar refractivity (Wildman–Crippen MR) is 118 cm³/mol. The Labute approximate surface area is 187 Å². The molecule has 1 N–H and O–H groups in total. The van der Waals surface area contributed by atoms with Gasteiger partial charge in [0.2, 0.25) is 15.9 Å². The number of sulfonamides is 1. The molecule has 3 rings (SSSR count). The van der Waals surface area contributed by atoms with E-state index in [-0.39, 0.29) is 29.8 Å². The first-order chi connectivity index (χ1) is 14.8. The normalized spacial score (nSPS) is 15.4. The number of nitrogens with zero attached hydrogens (tertiary/aromatic N) is 1. The van der Waals surface area contributed by atoms with E-state index in [1.165, 1.54) is 37.8 Å². The summed E-state index contributed by atoms with van der Waals surface area (Å²) in [6, 6.07) is 9.50. The molecule has 10 heteroatoms. The Bertz CT molecular complexity index is 1050. The minimum Gasteiger partial charge on any atom is -0.495 e. The van der Waals surface area contributed by atoms with Crippen molar-refractivity contribution in [3.8, 4) is 17.2 Å². The second-order valence-corrected chi connectivity index (χ2v) is 9.38. The van der Waals surface area contributed by atoms with E-state index >= 15 is 0 Å². The molecule has 2 aromatic carbocycles. The Morgan fingerprint density at radius 2 is 1.58 bits per heavy atom. The number of halogens is 1. The van der Waals surface area contributed by atoms with Crippen molar-refractivity contribution in [2.24, 2.45) is 5.92 Å². The Hall–Kier alpha value is -2.49. The van der Waals surface area contributed by atoms with Crippen LogP contribution in [0.3, 0.4) is 0 Å². The van der Waals surface area contributed by atoms with E-state index in [0.29, 0.717) is 40.8 Å². The molecule has 0 spiro atoms. The number of hydrogen-bond donors (Lipinski definition) is 1. The van der Waals surface area contributed by atoms with E-state index in [1.54, 1.807) is 24.3 Å². The summed E-state index contributed by atoms with van der Waals surface area (Å²) in [5.74, 6) is 0.863. The van der Waals surface area contributed by atoms with E-state index < -0.39 is 10.0 Å². The Morgan fingerprint density at radius 1 is 0.968 bits per heavy atom. The van der Waals surface area contributed by atoms with Gasteiger partial charge in [-0.1, -0.05) is 11.6 Å². The maximum absolute atomic E-state index is 13.0. The van der Waals surface area contributed by atoms with Crippen molar-refractivity contribution in [1.29, 1.82) is 0 Å². The highest BCUT2D eigenvalue weighted by molar-refractivity contribution is 7.89. The molecule has 0 bridgehead atoms. The largest absolute Gasteiger partial charge is 0.495 e. The second-order valence-electron chi connectivity index (χ2n) is 7.03. The van der Waals surface area contributed by atoms with Crippen molar-refractivity contribution >= 4 is 33.2 Å². The second kappa shape index (κ2) is 9.76. The van der Waals surface area contributed by atoms with Gasteiger partial charge in [0, 0.05) is 30.8 Å². The van der Waals surface area contributed by atoms with E-state index in [2.05, 4.69) is 5.32 Å².